The molecule has 0 bridgehead atoms. The first-order valence-electron chi connectivity index (χ1n) is 3.93. The molecule has 0 heterocycles. The maximum Gasteiger partial charge on any atom is 0.119 e. The van der Waals surface area contributed by atoms with Crippen molar-refractivity contribution in [2.75, 3.05) is 0 Å². The Morgan fingerprint density at radius 3 is 1.38 bits per heavy atom. The number of aliphatic hydroxyl groups is 6. The van der Waals surface area contributed by atoms with Gasteiger partial charge in [-0.25, -0.2) is 0 Å². The van der Waals surface area contributed by atoms with Crippen molar-refractivity contribution in [3.05, 3.63) is 0 Å². The highest BCUT2D eigenvalue weighted by Gasteiger charge is 2.54. The number of hydrogen-bond acceptors (Lipinski definition) is 6. The molecule has 0 radical (unpaired) electrons. The van der Waals surface area contributed by atoms with E-state index in [0.717, 1.165) is 6.92 Å². The van der Waals surface area contributed by atoms with Crippen molar-refractivity contribution in [2.45, 2.75) is 43.0 Å². The van der Waals surface area contributed by atoms with Crippen LogP contribution in [0.4, 0.5) is 0 Å². The molecule has 6 N–H and O–H groups in total. The molecule has 6 heteroatoms. The Bertz CT molecular complexity index is 175. The Kier molecular flexibility index (Phi) is 2.63. The van der Waals surface area contributed by atoms with E-state index in [-0.39, 0.29) is 0 Å². The summed E-state index contributed by atoms with van der Waals surface area (Å²) < 4.78 is 0. The molecule has 0 aromatic rings. The summed E-state index contributed by atoms with van der Waals surface area (Å²) >= 11 is 0. The predicted octanol–water partition coefficient (Wildman–Crippen LogP) is -3.44. The summed E-state index contributed by atoms with van der Waals surface area (Å²) in [6, 6.07) is 0. The minimum atomic E-state index is -2.03. The fourth-order valence-corrected chi connectivity index (χ4v) is 1.44. The van der Waals surface area contributed by atoms with Crippen LogP contribution in [0, 0.1) is 0 Å². The van der Waals surface area contributed by atoms with Crippen molar-refractivity contribution in [3.63, 3.8) is 0 Å². The van der Waals surface area contributed by atoms with Crippen LogP contribution in [0.5, 0.6) is 0 Å². The van der Waals surface area contributed by atoms with Gasteiger partial charge in [0.1, 0.15) is 36.1 Å². The molecule has 1 rings (SSSR count). The average molecular weight is 194 g/mol. The summed E-state index contributed by atoms with van der Waals surface area (Å²) in [7, 11) is 0. The van der Waals surface area contributed by atoms with Crippen LogP contribution in [0.15, 0.2) is 0 Å². The summed E-state index contributed by atoms with van der Waals surface area (Å²) in [6.45, 7) is 1.07. The van der Waals surface area contributed by atoms with E-state index in [4.69, 9.17) is 15.3 Å². The van der Waals surface area contributed by atoms with Crippen LogP contribution < -0.4 is 0 Å². The minimum Gasteiger partial charge on any atom is -0.387 e. The smallest absolute Gasteiger partial charge is 0.119 e. The van der Waals surface area contributed by atoms with Gasteiger partial charge in [0.2, 0.25) is 0 Å². The topological polar surface area (TPSA) is 121 Å². The van der Waals surface area contributed by atoms with Crippen LogP contribution in [0.25, 0.3) is 0 Å². The molecule has 0 aromatic carbocycles. The Balaban J connectivity index is 2.93. The van der Waals surface area contributed by atoms with Crippen molar-refractivity contribution < 1.29 is 30.6 Å². The van der Waals surface area contributed by atoms with Crippen molar-refractivity contribution in [2.24, 2.45) is 0 Å². The maximum absolute atomic E-state index is 9.44. The van der Waals surface area contributed by atoms with E-state index >= 15 is 0 Å². The molecule has 2 unspecified atom stereocenters. The quantitative estimate of drug-likeness (QED) is 0.238. The molecule has 0 amide bonds. The van der Waals surface area contributed by atoms with Crippen molar-refractivity contribution in [1.29, 1.82) is 0 Å². The Morgan fingerprint density at radius 2 is 1.08 bits per heavy atom. The monoisotopic (exact) mass is 194 g/mol. The third-order valence-electron chi connectivity index (χ3n) is 2.54. The summed E-state index contributed by atoms with van der Waals surface area (Å²) in [5, 5.41) is 55.3. The highest BCUT2D eigenvalue weighted by atomic mass is 16.4. The van der Waals surface area contributed by atoms with Gasteiger partial charge in [-0.2, -0.15) is 0 Å². The van der Waals surface area contributed by atoms with E-state index in [1.54, 1.807) is 0 Å². The molecule has 13 heavy (non-hydrogen) atoms. The van der Waals surface area contributed by atoms with Crippen LogP contribution in [-0.4, -0.2) is 66.8 Å². The van der Waals surface area contributed by atoms with Crippen molar-refractivity contribution in [3.8, 4) is 0 Å². The largest absolute Gasteiger partial charge is 0.387 e. The van der Waals surface area contributed by atoms with Crippen LogP contribution >= 0.6 is 0 Å². The molecule has 1 aliphatic carbocycles. The molecule has 0 aliphatic heterocycles. The van der Waals surface area contributed by atoms with Gasteiger partial charge in [-0.15, -0.1) is 0 Å². The second-order valence-electron chi connectivity index (χ2n) is 3.59. The minimum absolute atomic E-state index is 1.07. The highest BCUT2D eigenvalue weighted by Crippen LogP contribution is 2.29. The second kappa shape index (κ2) is 3.16. The van der Waals surface area contributed by atoms with Crippen molar-refractivity contribution >= 4 is 0 Å². The number of hydrogen-bond donors (Lipinski definition) is 6. The molecule has 0 spiro atoms. The molecule has 1 fully saturated rings. The van der Waals surface area contributed by atoms with Crippen molar-refractivity contribution in [1.82, 2.24) is 0 Å². The lowest BCUT2D eigenvalue weighted by Gasteiger charge is -2.45. The Morgan fingerprint density at radius 1 is 0.769 bits per heavy atom. The van der Waals surface area contributed by atoms with Gasteiger partial charge in [-0.05, 0) is 6.92 Å². The third-order valence-corrected chi connectivity index (χ3v) is 2.54. The van der Waals surface area contributed by atoms with Crippen LogP contribution in [-0.2, 0) is 0 Å². The van der Waals surface area contributed by atoms with Gasteiger partial charge < -0.3 is 30.6 Å². The first kappa shape index (κ1) is 10.8. The second-order valence-corrected chi connectivity index (χ2v) is 3.59. The first-order valence-corrected chi connectivity index (χ1v) is 3.93. The molecule has 6 nitrogen and oxygen atoms in total. The molecule has 78 valence electrons. The SMILES string of the molecule is CC1(O)[C@H](O)[C@@H](O)C(O)[C@@H](O)[C@@H]1O. The highest BCUT2D eigenvalue weighted by molar-refractivity contribution is 5.05. The van der Waals surface area contributed by atoms with E-state index in [0.29, 0.717) is 0 Å². The average Bonchev–Trinajstić information content (AvgIpc) is 2.09. The maximum atomic E-state index is 9.44. The van der Waals surface area contributed by atoms with E-state index in [1.807, 2.05) is 0 Å². The molecule has 6 atom stereocenters. The standard InChI is InChI=1S/C7H14O6/c1-7(13)5(11)3(9)2(8)4(10)6(7)12/h2-6,8-13H,1H3/t2?,3-,4+,5+,6-,7?. The molecule has 1 saturated carbocycles. The van der Waals surface area contributed by atoms with Gasteiger partial charge in [-0.3, -0.25) is 0 Å². The summed E-state index contributed by atoms with van der Waals surface area (Å²) in [4.78, 5) is 0. The normalized spacial score (nSPS) is 57.9. The molecule has 0 saturated heterocycles. The van der Waals surface area contributed by atoms with E-state index in [9.17, 15) is 15.3 Å². The molecular formula is C7H14O6. The van der Waals surface area contributed by atoms with E-state index in [1.165, 1.54) is 0 Å². The zero-order valence-electron chi connectivity index (χ0n) is 7.07. The molecule has 0 aromatic heterocycles. The number of rotatable bonds is 0. The van der Waals surface area contributed by atoms with E-state index in [2.05, 4.69) is 0 Å². The summed E-state index contributed by atoms with van der Waals surface area (Å²) in [5.74, 6) is 0. The first-order chi connectivity index (χ1) is 5.80. The van der Waals surface area contributed by atoms with Gasteiger partial charge in [0.05, 0.1) is 0 Å². The summed E-state index contributed by atoms with van der Waals surface area (Å²) in [6.07, 6.45) is -8.39. The lowest BCUT2D eigenvalue weighted by Crippen LogP contribution is -2.69. The van der Waals surface area contributed by atoms with Crippen LogP contribution in [0.3, 0.4) is 0 Å². The van der Waals surface area contributed by atoms with Crippen LogP contribution in [0.2, 0.25) is 0 Å². The van der Waals surface area contributed by atoms with Crippen LogP contribution in [0.1, 0.15) is 6.92 Å². The van der Waals surface area contributed by atoms with Gasteiger partial charge in [0.25, 0.3) is 0 Å². The van der Waals surface area contributed by atoms with Gasteiger partial charge in [0, 0.05) is 0 Å². The third kappa shape index (κ3) is 1.45. The van der Waals surface area contributed by atoms with Gasteiger partial charge in [-0.1, -0.05) is 0 Å². The fraction of sp³-hybridized carbons (Fsp3) is 1.00. The number of aliphatic hydroxyl groups excluding tert-OH is 5. The molecular weight excluding hydrogens is 180 g/mol. The summed E-state index contributed by atoms with van der Waals surface area (Å²) in [5.41, 5.74) is -2.03. The lowest BCUT2D eigenvalue weighted by atomic mass is 9.76. The Hall–Kier alpha value is -0.240. The van der Waals surface area contributed by atoms with E-state index < -0.39 is 36.1 Å². The molecule has 1 aliphatic rings. The van der Waals surface area contributed by atoms with Gasteiger partial charge in [0.15, 0.2) is 0 Å². The zero-order chi connectivity index (χ0) is 10.4. The predicted molar refractivity (Wildman–Crippen MR) is 40.7 cm³/mol. The fourth-order valence-electron chi connectivity index (χ4n) is 1.44. The Labute approximate surface area is 74.7 Å². The van der Waals surface area contributed by atoms with Gasteiger partial charge >= 0.3 is 0 Å². The zero-order valence-corrected chi connectivity index (χ0v) is 7.07. The lowest BCUT2D eigenvalue weighted by molar-refractivity contribution is -0.261.